The number of hydrogen-bond acceptors (Lipinski definition) is 5. The number of nitrogens with one attached hydrogen (secondary N) is 1. The maximum atomic E-state index is 11.4. The number of sulfone groups is 1. The van der Waals surface area contributed by atoms with Gasteiger partial charge in [-0.25, -0.2) is 8.42 Å². The molecule has 0 aliphatic carbocycles. The average Bonchev–Trinajstić information content (AvgIpc) is 2.19. The summed E-state index contributed by atoms with van der Waals surface area (Å²) in [5, 5.41) is 12.1. The Kier molecular flexibility index (Phi) is 4.24. The Morgan fingerprint density at radius 1 is 1.39 bits per heavy atom. The van der Waals surface area contributed by atoms with Crippen LogP contribution < -0.4 is 11.1 Å². The highest BCUT2D eigenvalue weighted by Crippen LogP contribution is 2.26. The van der Waals surface area contributed by atoms with E-state index in [1.54, 1.807) is 6.07 Å². The lowest BCUT2D eigenvalue weighted by molar-refractivity contribution is 0.261. The second-order valence-corrected chi connectivity index (χ2v) is 7.02. The summed E-state index contributed by atoms with van der Waals surface area (Å²) in [7, 11) is -3.24. The van der Waals surface area contributed by atoms with Crippen LogP contribution in [0.3, 0.4) is 0 Å². The first-order valence-corrected chi connectivity index (χ1v) is 7.53. The topological polar surface area (TPSA) is 92.4 Å². The van der Waals surface area contributed by atoms with Crippen LogP contribution in [0.4, 0.5) is 11.4 Å². The van der Waals surface area contributed by atoms with Gasteiger partial charge in [0.15, 0.2) is 9.84 Å². The number of aliphatic hydroxyl groups excluding tert-OH is 1. The molecule has 5 nitrogen and oxygen atoms in total. The number of hydrogen-bond donors (Lipinski definition) is 3. The van der Waals surface area contributed by atoms with Crippen molar-refractivity contribution in [2.45, 2.75) is 30.7 Å². The Bertz CT molecular complexity index is 524. The van der Waals surface area contributed by atoms with Gasteiger partial charge < -0.3 is 16.2 Å². The molecule has 0 fully saturated rings. The smallest absolute Gasteiger partial charge is 0.175 e. The second-order valence-electron chi connectivity index (χ2n) is 5.00. The summed E-state index contributed by atoms with van der Waals surface area (Å²) in [4.78, 5) is 0.200. The molecule has 0 bridgehead atoms. The van der Waals surface area contributed by atoms with Crippen molar-refractivity contribution in [3.8, 4) is 0 Å². The van der Waals surface area contributed by atoms with Gasteiger partial charge in [-0.1, -0.05) is 0 Å². The van der Waals surface area contributed by atoms with Gasteiger partial charge in [0.1, 0.15) is 0 Å². The Hall–Kier alpha value is -1.27. The van der Waals surface area contributed by atoms with Gasteiger partial charge in [0.25, 0.3) is 0 Å². The molecule has 102 valence electrons. The molecule has 0 aliphatic rings. The van der Waals surface area contributed by atoms with E-state index in [0.717, 1.165) is 6.26 Å². The van der Waals surface area contributed by atoms with Gasteiger partial charge in [-0.2, -0.15) is 0 Å². The number of aliphatic hydroxyl groups is 1. The van der Waals surface area contributed by atoms with E-state index in [1.165, 1.54) is 12.1 Å². The fraction of sp³-hybridized carbons (Fsp3) is 0.500. The van der Waals surface area contributed by atoms with Gasteiger partial charge in [-0.15, -0.1) is 0 Å². The molecule has 6 heteroatoms. The Labute approximate surface area is 108 Å². The highest BCUT2D eigenvalue weighted by atomic mass is 32.2. The molecule has 0 aromatic heterocycles. The first-order valence-electron chi connectivity index (χ1n) is 5.64. The van der Waals surface area contributed by atoms with E-state index in [1.807, 2.05) is 13.8 Å². The van der Waals surface area contributed by atoms with Gasteiger partial charge in [0, 0.05) is 18.4 Å². The van der Waals surface area contributed by atoms with Crippen molar-refractivity contribution >= 4 is 21.2 Å². The zero-order chi connectivity index (χ0) is 14.0. The number of benzene rings is 1. The molecular weight excluding hydrogens is 252 g/mol. The normalized spacial score (nSPS) is 12.4. The molecule has 4 N–H and O–H groups in total. The highest BCUT2D eigenvalue weighted by molar-refractivity contribution is 7.90. The van der Waals surface area contributed by atoms with Crippen LogP contribution in [0.2, 0.25) is 0 Å². The van der Waals surface area contributed by atoms with Crippen molar-refractivity contribution in [3.05, 3.63) is 18.2 Å². The molecule has 1 aromatic carbocycles. The third kappa shape index (κ3) is 3.89. The Balaban J connectivity index is 3.00. The van der Waals surface area contributed by atoms with Crippen LogP contribution in [0.5, 0.6) is 0 Å². The molecule has 1 aromatic rings. The predicted octanol–water partition coefficient (Wildman–Crippen LogP) is 1.25. The zero-order valence-electron chi connectivity index (χ0n) is 10.9. The monoisotopic (exact) mass is 272 g/mol. The van der Waals surface area contributed by atoms with E-state index in [0.29, 0.717) is 17.8 Å². The molecule has 0 saturated heterocycles. The number of nitrogen functional groups attached to an aromatic ring is 1. The lowest BCUT2D eigenvalue weighted by atomic mass is 10.0. The van der Waals surface area contributed by atoms with Crippen molar-refractivity contribution in [3.63, 3.8) is 0 Å². The third-order valence-electron chi connectivity index (χ3n) is 2.66. The van der Waals surface area contributed by atoms with Crippen molar-refractivity contribution in [1.82, 2.24) is 0 Å². The number of anilines is 2. The van der Waals surface area contributed by atoms with Crippen LogP contribution in [-0.2, 0) is 9.84 Å². The summed E-state index contributed by atoms with van der Waals surface area (Å²) in [6, 6.07) is 4.60. The SMILES string of the molecule is CC(C)(CCO)Nc1ccc(S(C)(=O)=O)cc1N. The van der Waals surface area contributed by atoms with Gasteiger partial charge >= 0.3 is 0 Å². The fourth-order valence-corrected chi connectivity index (χ4v) is 2.25. The van der Waals surface area contributed by atoms with Gasteiger partial charge in [0.05, 0.1) is 16.3 Å². The number of nitrogens with two attached hydrogens (primary N) is 1. The van der Waals surface area contributed by atoms with E-state index in [4.69, 9.17) is 10.8 Å². The standard InChI is InChI=1S/C12H20N2O3S/c1-12(2,6-7-15)14-11-5-4-9(8-10(11)13)18(3,16)17/h4-5,8,14-15H,6-7,13H2,1-3H3. The van der Waals surface area contributed by atoms with Crippen molar-refractivity contribution in [1.29, 1.82) is 0 Å². The number of rotatable bonds is 5. The van der Waals surface area contributed by atoms with Gasteiger partial charge in [0.2, 0.25) is 0 Å². The highest BCUT2D eigenvalue weighted by Gasteiger charge is 2.18. The lowest BCUT2D eigenvalue weighted by Crippen LogP contribution is -2.32. The Morgan fingerprint density at radius 3 is 2.44 bits per heavy atom. The quantitative estimate of drug-likeness (QED) is 0.701. The first-order chi connectivity index (χ1) is 8.15. The molecule has 0 spiro atoms. The average molecular weight is 272 g/mol. The van der Waals surface area contributed by atoms with E-state index in [9.17, 15) is 8.42 Å². The lowest BCUT2D eigenvalue weighted by Gasteiger charge is -2.27. The molecule has 0 aliphatic heterocycles. The molecule has 18 heavy (non-hydrogen) atoms. The Morgan fingerprint density at radius 2 is 2.00 bits per heavy atom. The second kappa shape index (κ2) is 5.16. The molecule has 0 heterocycles. The van der Waals surface area contributed by atoms with Gasteiger partial charge in [-0.05, 0) is 38.5 Å². The zero-order valence-corrected chi connectivity index (χ0v) is 11.7. The summed E-state index contributed by atoms with van der Waals surface area (Å²) in [5.41, 5.74) is 6.57. The van der Waals surface area contributed by atoms with Crippen LogP contribution in [0.15, 0.2) is 23.1 Å². The van der Waals surface area contributed by atoms with Crippen LogP contribution in [0.25, 0.3) is 0 Å². The summed E-state index contributed by atoms with van der Waals surface area (Å²) in [5.74, 6) is 0. The summed E-state index contributed by atoms with van der Waals surface area (Å²) in [6.45, 7) is 3.95. The maximum Gasteiger partial charge on any atom is 0.175 e. The van der Waals surface area contributed by atoms with E-state index >= 15 is 0 Å². The molecule has 0 saturated carbocycles. The van der Waals surface area contributed by atoms with E-state index in [2.05, 4.69) is 5.32 Å². The van der Waals surface area contributed by atoms with Crippen molar-refractivity contribution in [2.24, 2.45) is 0 Å². The summed E-state index contributed by atoms with van der Waals surface area (Å²) < 4.78 is 22.8. The predicted molar refractivity (Wildman–Crippen MR) is 73.4 cm³/mol. The third-order valence-corrected chi connectivity index (χ3v) is 3.77. The van der Waals surface area contributed by atoms with Crippen molar-refractivity contribution in [2.75, 3.05) is 23.9 Å². The van der Waals surface area contributed by atoms with Crippen LogP contribution in [0, 0.1) is 0 Å². The minimum atomic E-state index is -3.24. The minimum absolute atomic E-state index is 0.0708. The van der Waals surface area contributed by atoms with Crippen LogP contribution >= 0.6 is 0 Å². The molecule has 1 rings (SSSR count). The van der Waals surface area contributed by atoms with Gasteiger partial charge in [-0.3, -0.25) is 0 Å². The summed E-state index contributed by atoms with van der Waals surface area (Å²) in [6.07, 6.45) is 1.71. The van der Waals surface area contributed by atoms with E-state index in [-0.39, 0.29) is 17.0 Å². The minimum Gasteiger partial charge on any atom is -0.397 e. The van der Waals surface area contributed by atoms with Crippen LogP contribution in [-0.4, -0.2) is 31.9 Å². The first kappa shape index (κ1) is 14.8. The molecule has 0 amide bonds. The molecule has 0 radical (unpaired) electrons. The molecular formula is C12H20N2O3S. The largest absolute Gasteiger partial charge is 0.397 e. The van der Waals surface area contributed by atoms with Crippen LogP contribution in [0.1, 0.15) is 20.3 Å². The van der Waals surface area contributed by atoms with E-state index < -0.39 is 9.84 Å². The molecule has 0 unspecified atom stereocenters. The molecule has 0 atom stereocenters. The summed E-state index contributed by atoms with van der Waals surface area (Å²) >= 11 is 0. The fourth-order valence-electron chi connectivity index (χ4n) is 1.59. The van der Waals surface area contributed by atoms with Crippen molar-refractivity contribution < 1.29 is 13.5 Å². The maximum absolute atomic E-state index is 11.4.